The van der Waals surface area contributed by atoms with Gasteiger partial charge in [-0.05, 0) is 37.0 Å². The van der Waals surface area contributed by atoms with E-state index in [9.17, 15) is 29.7 Å². The summed E-state index contributed by atoms with van der Waals surface area (Å²) in [6.07, 6.45) is -0.711. The fraction of sp³-hybridized carbons (Fsp3) is 0.241. The van der Waals surface area contributed by atoms with Gasteiger partial charge in [0.05, 0.1) is 12.3 Å². The molecule has 0 saturated carbocycles. The fourth-order valence-corrected chi connectivity index (χ4v) is 4.05. The average molecular weight is 503 g/mol. The van der Waals surface area contributed by atoms with Crippen LogP contribution in [0.25, 0.3) is 11.1 Å². The van der Waals surface area contributed by atoms with Crippen LogP contribution in [0.5, 0.6) is 0 Å². The number of hydrogen-bond acceptors (Lipinski definition) is 6. The lowest BCUT2D eigenvalue weighted by atomic mass is 9.78. The van der Waals surface area contributed by atoms with Gasteiger partial charge in [-0.15, -0.1) is 0 Å². The minimum atomic E-state index is -2.23. The van der Waals surface area contributed by atoms with Gasteiger partial charge in [0.15, 0.2) is 11.2 Å². The van der Waals surface area contributed by atoms with Crippen molar-refractivity contribution in [2.75, 3.05) is 6.54 Å². The third-order valence-corrected chi connectivity index (χ3v) is 6.34. The lowest BCUT2D eigenvalue weighted by molar-refractivity contribution is -0.168. The molecule has 8 nitrogen and oxygen atoms in total. The van der Waals surface area contributed by atoms with Crippen molar-refractivity contribution < 1.29 is 29.7 Å². The number of nitrogens with one attached hydrogen (secondary N) is 1. The monoisotopic (exact) mass is 502 g/mol. The number of benzene rings is 3. The molecule has 1 atom stereocenters. The second-order valence-electron chi connectivity index (χ2n) is 8.96. The highest BCUT2D eigenvalue weighted by Crippen LogP contribution is 2.35. The zero-order valence-corrected chi connectivity index (χ0v) is 20.7. The van der Waals surface area contributed by atoms with Gasteiger partial charge in [-0.3, -0.25) is 14.4 Å². The van der Waals surface area contributed by atoms with Crippen molar-refractivity contribution in [3.05, 3.63) is 95.1 Å². The van der Waals surface area contributed by atoms with Crippen LogP contribution in [0, 0.1) is 12.3 Å². The van der Waals surface area contributed by atoms with Gasteiger partial charge in [-0.2, -0.15) is 5.10 Å². The molecule has 37 heavy (non-hydrogen) atoms. The number of hydrogen-bond donors (Lipinski definition) is 4. The van der Waals surface area contributed by atoms with Crippen LogP contribution in [0.15, 0.2) is 77.9 Å². The molecule has 0 saturated heterocycles. The third kappa shape index (κ3) is 6.68. The zero-order valence-electron chi connectivity index (χ0n) is 20.7. The Balaban J connectivity index is 1.69. The first-order valence-corrected chi connectivity index (χ1v) is 11.8. The first-order chi connectivity index (χ1) is 17.6. The number of ketones is 1. The molecule has 0 heterocycles. The summed E-state index contributed by atoms with van der Waals surface area (Å²) in [5.41, 5.74) is 4.97. The Morgan fingerprint density at radius 2 is 1.49 bits per heavy atom. The Morgan fingerprint density at radius 1 is 0.919 bits per heavy atom. The van der Waals surface area contributed by atoms with Crippen molar-refractivity contribution in [3.63, 3.8) is 0 Å². The minimum Gasteiger partial charge on any atom is -0.480 e. The van der Waals surface area contributed by atoms with Crippen LogP contribution in [0.3, 0.4) is 0 Å². The maximum Gasteiger partial charge on any atom is 0.321 e. The van der Waals surface area contributed by atoms with Crippen molar-refractivity contribution in [1.29, 1.82) is 0 Å². The lowest BCUT2D eigenvalue weighted by Gasteiger charge is -2.27. The van der Waals surface area contributed by atoms with Gasteiger partial charge in [0.1, 0.15) is 0 Å². The van der Waals surface area contributed by atoms with E-state index in [1.807, 2.05) is 43.3 Å². The standard InChI is InChI=1S/C29H30N2O6/c1-19-7-9-21(10-8-19)22-11-13-23(14-12-22)26(33)17-29(27(34)35,28(36)37)15-16-30-31-18-24-5-3-4-6-25(24)20(2)32/h3-14,18,26,30,33H,15-17H2,1-2H3,(H,34,35)(H,36,37)/b31-18-. The summed E-state index contributed by atoms with van der Waals surface area (Å²) in [5.74, 6) is -3.20. The number of aliphatic carboxylic acids is 2. The van der Waals surface area contributed by atoms with Crippen molar-refractivity contribution in [1.82, 2.24) is 5.43 Å². The van der Waals surface area contributed by atoms with Gasteiger partial charge in [0.25, 0.3) is 0 Å². The predicted octanol–water partition coefficient (Wildman–Crippen LogP) is 4.46. The number of carbonyl (C=O) groups excluding carboxylic acids is 1. The van der Waals surface area contributed by atoms with Crippen LogP contribution >= 0.6 is 0 Å². The Morgan fingerprint density at radius 3 is 2.05 bits per heavy atom. The molecule has 0 radical (unpaired) electrons. The van der Waals surface area contributed by atoms with Crippen LogP contribution in [0.2, 0.25) is 0 Å². The van der Waals surface area contributed by atoms with Gasteiger partial charge in [0.2, 0.25) is 0 Å². The van der Waals surface area contributed by atoms with E-state index in [0.717, 1.165) is 16.7 Å². The first-order valence-electron chi connectivity index (χ1n) is 11.8. The molecule has 3 aromatic rings. The molecular formula is C29H30N2O6. The summed E-state index contributed by atoms with van der Waals surface area (Å²) < 4.78 is 0. The molecule has 0 aliphatic heterocycles. The molecule has 0 spiro atoms. The van der Waals surface area contributed by atoms with Crippen molar-refractivity contribution >= 4 is 23.9 Å². The number of carboxylic acid groups (broad SMARTS) is 2. The van der Waals surface area contributed by atoms with Crippen molar-refractivity contribution in [3.8, 4) is 11.1 Å². The Kier molecular flexibility index (Phi) is 8.92. The van der Waals surface area contributed by atoms with E-state index in [1.54, 1.807) is 36.4 Å². The Bertz CT molecular complexity index is 1270. The number of hydrazone groups is 1. The van der Waals surface area contributed by atoms with Crippen LogP contribution < -0.4 is 5.43 Å². The van der Waals surface area contributed by atoms with E-state index in [2.05, 4.69) is 10.5 Å². The SMILES string of the molecule is CC(=O)c1ccccc1/C=N\NCCC(CC(O)c1ccc(-c2ccc(C)cc2)cc1)(C(=O)O)C(=O)O. The maximum atomic E-state index is 12.1. The molecule has 0 fully saturated rings. The highest BCUT2D eigenvalue weighted by atomic mass is 16.4. The summed E-state index contributed by atoms with van der Waals surface area (Å²) in [4.78, 5) is 35.9. The lowest BCUT2D eigenvalue weighted by Crippen LogP contribution is -2.42. The molecular weight excluding hydrogens is 472 g/mol. The molecule has 192 valence electrons. The molecule has 0 amide bonds. The number of nitrogens with zero attached hydrogens (tertiary/aromatic N) is 1. The summed E-state index contributed by atoms with van der Waals surface area (Å²) in [6.45, 7) is 3.36. The molecule has 4 N–H and O–H groups in total. The molecule has 8 heteroatoms. The van der Waals surface area contributed by atoms with Crippen molar-refractivity contribution in [2.24, 2.45) is 10.5 Å². The van der Waals surface area contributed by atoms with Gasteiger partial charge in [-0.1, -0.05) is 78.4 Å². The van der Waals surface area contributed by atoms with E-state index < -0.39 is 29.9 Å². The van der Waals surface area contributed by atoms with Gasteiger partial charge < -0.3 is 20.7 Å². The summed E-state index contributed by atoms with van der Waals surface area (Å²) in [6, 6.07) is 21.8. The van der Waals surface area contributed by atoms with E-state index in [1.165, 1.54) is 13.1 Å². The zero-order chi connectivity index (χ0) is 27.0. The van der Waals surface area contributed by atoms with E-state index in [4.69, 9.17) is 0 Å². The second-order valence-corrected chi connectivity index (χ2v) is 8.96. The molecule has 3 rings (SSSR count). The number of carbonyl (C=O) groups is 3. The van der Waals surface area contributed by atoms with E-state index in [0.29, 0.717) is 16.7 Å². The number of carboxylic acids is 2. The number of Topliss-reactive ketones (excluding diaryl/α,β-unsaturated/α-hetero) is 1. The Labute approximate surface area is 215 Å². The number of aliphatic hydroxyl groups is 1. The molecule has 0 aromatic heterocycles. The number of rotatable bonds is 12. The third-order valence-electron chi connectivity index (χ3n) is 6.34. The first kappa shape index (κ1) is 27.3. The fourth-order valence-electron chi connectivity index (χ4n) is 4.05. The maximum absolute atomic E-state index is 12.1. The van der Waals surface area contributed by atoms with Crippen LogP contribution in [-0.2, 0) is 9.59 Å². The second kappa shape index (κ2) is 12.1. The molecule has 0 bridgehead atoms. The van der Waals surface area contributed by atoms with Gasteiger partial charge >= 0.3 is 11.9 Å². The van der Waals surface area contributed by atoms with Crippen LogP contribution in [0.1, 0.15) is 52.9 Å². The van der Waals surface area contributed by atoms with Crippen LogP contribution in [-0.4, -0.2) is 45.8 Å². The molecule has 3 aromatic carbocycles. The Hall–Kier alpha value is -4.30. The highest BCUT2D eigenvalue weighted by molar-refractivity contribution is 6.02. The average Bonchev–Trinajstić information content (AvgIpc) is 2.88. The number of aliphatic hydroxyl groups excluding tert-OH is 1. The largest absolute Gasteiger partial charge is 0.480 e. The smallest absolute Gasteiger partial charge is 0.321 e. The quantitative estimate of drug-likeness (QED) is 0.0944. The normalized spacial score (nSPS) is 12.3. The molecule has 0 aliphatic rings. The summed E-state index contributed by atoms with van der Waals surface area (Å²) in [5, 5.41) is 34.5. The predicted molar refractivity (Wildman–Crippen MR) is 141 cm³/mol. The summed E-state index contributed by atoms with van der Waals surface area (Å²) in [7, 11) is 0. The van der Waals surface area contributed by atoms with Crippen LogP contribution in [0.4, 0.5) is 0 Å². The van der Waals surface area contributed by atoms with Gasteiger partial charge in [-0.25, -0.2) is 0 Å². The van der Waals surface area contributed by atoms with Gasteiger partial charge in [0, 0.05) is 24.1 Å². The topological polar surface area (TPSA) is 136 Å². The minimum absolute atomic E-state index is 0.0730. The molecule has 1 unspecified atom stereocenters. The number of aryl methyl sites for hydroxylation is 1. The van der Waals surface area contributed by atoms with E-state index >= 15 is 0 Å². The van der Waals surface area contributed by atoms with E-state index in [-0.39, 0.29) is 18.7 Å². The van der Waals surface area contributed by atoms with Crippen molar-refractivity contribution in [2.45, 2.75) is 32.8 Å². The molecule has 0 aliphatic carbocycles. The highest BCUT2D eigenvalue weighted by Gasteiger charge is 2.47. The summed E-state index contributed by atoms with van der Waals surface area (Å²) >= 11 is 0.